The average molecular weight is 455 g/mol. The van der Waals surface area contributed by atoms with Crippen LogP contribution in [0.1, 0.15) is 12.8 Å². The lowest BCUT2D eigenvalue weighted by Crippen LogP contribution is -2.59. The molecule has 1 aromatic carbocycles. The van der Waals surface area contributed by atoms with E-state index in [2.05, 4.69) is 5.32 Å². The topological polar surface area (TPSA) is 140 Å². The van der Waals surface area contributed by atoms with Crippen LogP contribution in [0.25, 0.3) is 0 Å². The van der Waals surface area contributed by atoms with Crippen LogP contribution < -0.4 is 10.1 Å². The van der Waals surface area contributed by atoms with Crippen LogP contribution in [0.3, 0.4) is 0 Å². The average Bonchev–Trinajstić information content (AvgIpc) is 2.74. The number of nitrogens with one attached hydrogen (secondary N) is 1. The van der Waals surface area contributed by atoms with Gasteiger partial charge in [0.25, 0.3) is 12.9 Å². The molecule has 0 saturated carbocycles. The fourth-order valence-electron chi connectivity index (χ4n) is 3.31. The van der Waals surface area contributed by atoms with E-state index < -0.39 is 5.54 Å². The molecule has 0 atom stereocenters. The van der Waals surface area contributed by atoms with Crippen molar-refractivity contribution in [1.29, 1.82) is 0 Å². The molecule has 11 heteroatoms. The molecule has 32 heavy (non-hydrogen) atoms. The number of hydrogen-bond donors (Lipinski definition) is 3. The molecule has 1 aliphatic rings. The van der Waals surface area contributed by atoms with Crippen LogP contribution in [0.2, 0.25) is 0 Å². The number of likely N-dealkylation sites (tertiary alicyclic amines) is 1. The molecule has 0 aromatic heterocycles. The van der Waals surface area contributed by atoms with Gasteiger partial charge in [-0.2, -0.15) is 0 Å². The first kappa shape index (κ1) is 28.7. The fraction of sp³-hybridized carbons (Fsp3) is 0.524. The van der Waals surface area contributed by atoms with E-state index in [1.54, 1.807) is 26.1 Å². The van der Waals surface area contributed by atoms with Gasteiger partial charge in [0.05, 0.1) is 13.7 Å². The molecule has 3 N–H and O–H groups in total. The summed E-state index contributed by atoms with van der Waals surface area (Å²) >= 11 is 0. The van der Waals surface area contributed by atoms with Gasteiger partial charge in [-0.15, -0.1) is 0 Å². The van der Waals surface area contributed by atoms with Crippen LogP contribution in [-0.4, -0.2) is 110 Å². The highest BCUT2D eigenvalue weighted by Crippen LogP contribution is 2.30. The van der Waals surface area contributed by atoms with E-state index in [-0.39, 0.29) is 24.8 Å². The van der Waals surface area contributed by atoms with Crippen molar-refractivity contribution in [2.24, 2.45) is 0 Å². The number of carbonyl (C=O) groups is 4. The highest BCUT2D eigenvalue weighted by atomic mass is 16.5. The zero-order valence-corrected chi connectivity index (χ0v) is 19.3. The molecule has 0 radical (unpaired) electrons. The summed E-state index contributed by atoms with van der Waals surface area (Å²) in [6.45, 7) is 1.00. The smallest absolute Gasteiger partial charge is 0.290 e. The summed E-state index contributed by atoms with van der Waals surface area (Å²) in [5, 5.41) is 17.2. The van der Waals surface area contributed by atoms with Crippen LogP contribution in [0, 0.1) is 0 Å². The van der Waals surface area contributed by atoms with E-state index in [0.717, 1.165) is 11.4 Å². The van der Waals surface area contributed by atoms with E-state index in [0.29, 0.717) is 32.5 Å². The summed E-state index contributed by atoms with van der Waals surface area (Å²) in [5.74, 6) is 0.864. The Morgan fingerprint density at radius 3 is 2.09 bits per heavy atom. The number of benzene rings is 1. The van der Waals surface area contributed by atoms with Gasteiger partial charge < -0.3 is 35.0 Å². The van der Waals surface area contributed by atoms with Gasteiger partial charge in [-0.25, -0.2) is 0 Å². The predicted molar refractivity (Wildman–Crippen MR) is 120 cm³/mol. The molecular weight excluding hydrogens is 420 g/mol. The summed E-state index contributed by atoms with van der Waals surface area (Å²) in [7, 11) is 8.91. The monoisotopic (exact) mass is 454 g/mol. The van der Waals surface area contributed by atoms with Crippen molar-refractivity contribution < 1.29 is 34.1 Å². The zero-order valence-electron chi connectivity index (χ0n) is 19.3. The molecule has 11 nitrogen and oxygen atoms in total. The number of carboxylic acid groups (broad SMARTS) is 2. The van der Waals surface area contributed by atoms with Gasteiger partial charge in [0.2, 0.25) is 11.8 Å². The van der Waals surface area contributed by atoms with Gasteiger partial charge in [0, 0.05) is 38.9 Å². The molecule has 0 unspecified atom stereocenters. The minimum absolute atomic E-state index is 0.0278. The third-order valence-corrected chi connectivity index (χ3v) is 4.69. The molecular formula is C21H34N4O7. The number of carbonyl (C=O) groups excluding carboxylic acids is 2. The number of anilines is 1. The summed E-state index contributed by atoms with van der Waals surface area (Å²) in [6.07, 6.45) is 1.14. The van der Waals surface area contributed by atoms with Crippen LogP contribution in [0.5, 0.6) is 5.75 Å². The number of likely N-dealkylation sites (N-methyl/N-ethyl adjacent to an activating group) is 2. The Morgan fingerprint density at radius 2 is 1.66 bits per heavy atom. The van der Waals surface area contributed by atoms with E-state index in [1.165, 1.54) is 0 Å². The Bertz CT molecular complexity index is 727. The van der Waals surface area contributed by atoms with Gasteiger partial charge in [-0.1, -0.05) is 6.07 Å². The quantitative estimate of drug-likeness (QED) is 0.525. The number of hydrogen-bond acceptors (Lipinski definition) is 7. The SMILES string of the molecule is COc1cccc(NC2(C(=O)N(C)C)CCN(C(=O)CN(C)C)CC2)c1.O=CO.O=CO. The lowest BCUT2D eigenvalue weighted by molar-refractivity contribution is -0.139. The second kappa shape index (κ2) is 14.6. The standard InChI is InChI=1S/C19H30N4O3.2CH2O2/c1-21(2)14-17(24)23-11-9-19(10-12-23,18(25)22(3)4)20-15-7-6-8-16(13-15)26-5;2*2-1-3/h6-8,13,20H,9-12,14H2,1-5H3;2*1H,(H,2,3). The molecule has 0 aliphatic carbocycles. The van der Waals surface area contributed by atoms with Gasteiger partial charge in [0.15, 0.2) is 0 Å². The van der Waals surface area contributed by atoms with E-state index in [4.69, 9.17) is 24.5 Å². The summed E-state index contributed by atoms with van der Waals surface area (Å²) in [5.41, 5.74) is 0.123. The summed E-state index contributed by atoms with van der Waals surface area (Å²) < 4.78 is 5.28. The maximum atomic E-state index is 13.0. The first-order valence-corrected chi connectivity index (χ1v) is 9.83. The minimum atomic E-state index is -0.717. The molecule has 0 bridgehead atoms. The molecule has 1 aromatic rings. The fourth-order valence-corrected chi connectivity index (χ4v) is 3.31. The van der Waals surface area contributed by atoms with Crippen LogP contribution in [0.15, 0.2) is 24.3 Å². The minimum Gasteiger partial charge on any atom is -0.497 e. The number of piperidine rings is 1. The molecule has 1 fully saturated rings. The second-order valence-corrected chi connectivity index (χ2v) is 7.47. The third-order valence-electron chi connectivity index (χ3n) is 4.69. The Kier molecular flexibility index (Phi) is 13.1. The first-order chi connectivity index (χ1) is 15.1. The number of amides is 2. The van der Waals surface area contributed by atoms with E-state index >= 15 is 0 Å². The first-order valence-electron chi connectivity index (χ1n) is 9.83. The van der Waals surface area contributed by atoms with Crippen molar-refractivity contribution in [2.75, 3.05) is 60.3 Å². The highest BCUT2D eigenvalue weighted by Gasteiger charge is 2.43. The molecule has 0 spiro atoms. The summed E-state index contributed by atoms with van der Waals surface area (Å²) in [4.78, 5) is 47.3. The molecule has 1 heterocycles. The predicted octanol–water partition coefficient (Wildman–Crippen LogP) is 0.520. The molecule has 2 amide bonds. The maximum absolute atomic E-state index is 13.0. The highest BCUT2D eigenvalue weighted by molar-refractivity contribution is 5.90. The van der Waals surface area contributed by atoms with Crippen LogP contribution in [0.4, 0.5) is 5.69 Å². The Balaban J connectivity index is 0.00000144. The van der Waals surface area contributed by atoms with Gasteiger partial charge >= 0.3 is 0 Å². The normalized spacial score (nSPS) is 14.0. The van der Waals surface area contributed by atoms with Crippen molar-refractivity contribution in [3.8, 4) is 5.75 Å². The van der Waals surface area contributed by atoms with E-state index in [1.807, 2.05) is 48.2 Å². The van der Waals surface area contributed by atoms with Gasteiger partial charge in [-0.05, 0) is 39.1 Å². The number of rotatable bonds is 6. The van der Waals surface area contributed by atoms with Gasteiger partial charge in [-0.3, -0.25) is 19.2 Å². The lowest BCUT2D eigenvalue weighted by Gasteiger charge is -2.43. The third kappa shape index (κ3) is 9.21. The Morgan fingerprint density at radius 1 is 1.12 bits per heavy atom. The zero-order chi connectivity index (χ0) is 24.7. The van der Waals surface area contributed by atoms with Crippen LogP contribution >= 0.6 is 0 Å². The van der Waals surface area contributed by atoms with Crippen molar-refractivity contribution in [2.45, 2.75) is 18.4 Å². The van der Waals surface area contributed by atoms with E-state index in [9.17, 15) is 9.59 Å². The van der Waals surface area contributed by atoms with Crippen molar-refractivity contribution in [3.05, 3.63) is 24.3 Å². The second-order valence-electron chi connectivity index (χ2n) is 7.47. The Hall–Kier alpha value is -3.34. The van der Waals surface area contributed by atoms with Crippen LogP contribution in [-0.2, 0) is 19.2 Å². The molecule has 180 valence electrons. The number of methoxy groups -OCH3 is 1. The van der Waals surface area contributed by atoms with Crippen molar-refractivity contribution >= 4 is 30.4 Å². The number of nitrogens with zero attached hydrogens (tertiary/aromatic N) is 3. The summed E-state index contributed by atoms with van der Waals surface area (Å²) in [6, 6.07) is 7.57. The molecule has 2 rings (SSSR count). The van der Waals surface area contributed by atoms with Crippen molar-refractivity contribution in [3.63, 3.8) is 0 Å². The molecule has 1 aliphatic heterocycles. The molecule has 1 saturated heterocycles. The maximum Gasteiger partial charge on any atom is 0.290 e. The number of ether oxygens (including phenoxy) is 1. The Labute approximate surface area is 188 Å². The lowest BCUT2D eigenvalue weighted by atomic mass is 9.85. The van der Waals surface area contributed by atoms with Gasteiger partial charge in [0.1, 0.15) is 11.3 Å². The van der Waals surface area contributed by atoms with Crippen molar-refractivity contribution in [1.82, 2.24) is 14.7 Å². The largest absolute Gasteiger partial charge is 0.497 e.